The molecule has 18 heavy (non-hydrogen) atoms. The summed E-state index contributed by atoms with van der Waals surface area (Å²) >= 11 is 0. The molecule has 7 unspecified atom stereocenters. The van der Waals surface area contributed by atoms with E-state index < -0.39 is 8.80 Å². The van der Waals surface area contributed by atoms with Gasteiger partial charge in [0.1, 0.15) is 0 Å². The Kier molecular flexibility index (Phi) is 3.64. The van der Waals surface area contributed by atoms with E-state index in [4.69, 9.17) is 0 Å². The van der Waals surface area contributed by atoms with Crippen molar-refractivity contribution in [2.75, 3.05) is 0 Å². The van der Waals surface area contributed by atoms with Crippen molar-refractivity contribution in [2.45, 2.75) is 71.0 Å². The van der Waals surface area contributed by atoms with Crippen molar-refractivity contribution in [2.24, 2.45) is 35.5 Å². The molecule has 0 radical (unpaired) electrons. The minimum atomic E-state index is -0.437. The van der Waals surface area contributed by atoms with E-state index in [9.17, 15) is 0 Å². The third kappa shape index (κ3) is 2.11. The van der Waals surface area contributed by atoms with Crippen LogP contribution in [-0.4, -0.2) is 8.80 Å². The lowest BCUT2D eigenvalue weighted by atomic mass is 9.61. The normalized spacial score (nSPS) is 52.2. The molecule has 0 saturated heterocycles. The topological polar surface area (TPSA) is 0 Å². The van der Waals surface area contributed by atoms with Gasteiger partial charge in [0.2, 0.25) is 0 Å². The van der Waals surface area contributed by atoms with Gasteiger partial charge in [-0.25, -0.2) is 0 Å². The average Bonchev–Trinajstić information content (AvgIpc) is 2.64. The summed E-state index contributed by atoms with van der Waals surface area (Å²) in [5, 5.41) is 0. The van der Waals surface area contributed by atoms with Crippen molar-refractivity contribution in [1.29, 1.82) is 0 Å². The molecule has 0 aliphatic heterocycles. The quantitative estimate of drug-likeness (QED) is 0.587. The van der Waals surface area contributed by atoms with E-state index >= 15 is 0 Å². The van der Waals surface area contributed by atoms with Crippen molar-refractivity contribution < 1.29 is 0 Å². The van der Waals surface area contributed by atoms with Crippen LogP contribution in [-0.2, 0) is 0 Å². The summed E-state index contributed by atoms with van der Waals surface area (Å²) in [5.74, 6) is 6.64. The summed E-state index contributed by atoms with van der Waals surface area (Å²) in [4.78, 5) is 0. The fourth-order valence-electron chi connectivity index (χ4n) is 6.34. The van der Waals surface area contributed by atoms with Crippen LogP contribution in [0.1, 0.15) is 52.4 Å². The maximum Gasteiger partial charge on any atom is 0.0343 e. The summed E-state index contributed by atoms with van der Waals surface area (Å²) in [6.45, 7) is 10.3. The molecule has 3 rings (SSSR count). The highest BCUT2D eigenvalue weighted by atomic mass is 28.3. The fourth-order valence-corrected chi connectivity index (χ4v) is 9.28. The van der Waals surface area contributed by atoms with Crippen LogP contribution in [0.2, 0.25) is 18.6 Å². The molecule has 3 aliphatic rings. The number of hydrogen-bond acceptors (Lipinski definition) is 0. The van der Waals surface area contributed by atoms with Crippen LogP contribution in [0.15, 0.2) is 0 Å². The van der Waals surface area contributed by atoms with Crippen molar-refractivity contribution in [3.8, 4) is 0 Å². The molecule has 0 heterocycles. The first kappa shape index (κ1) is 13.2. The number of rotatable bonds is 1. The highest BCUT2D eigenvalue weighted by Crippen LogP contribution is 2.59. The molecule has 0 bridgehead atoms. The van der Waals surface area contributed by atoms with Gasteiger partial charge in [-0.1, -0.05) is 33.4 Å². The van der Waals surface area contributed by atoms with Gasteiger partial charge in [-0.15, -0.1) is 0 Å². The first-order valence-corrected chi connectivity index (χ1v) is 11.6. The molecule has 3 fully saturated rings. The smallest absolute Gasteiger partial charge is 0.0343 e. The zero-order valence-electron chi connectivity index (χ0n) is 12.9. The van der Waals surface area contributed by atoms with Crippen LogP contribution in [0.25, 0.3) is 0 Å². The molecule has 0 amide bonds. The van der Waals surface area contributed by atoms with Gasteiger partial charge >= 0.3 is 0 Å². The first-order chi connectivity index (χ1) is 8.58. The molecule has 104 valence electrons. The van der Waals surface area contributed by atoms with Crippen LogP contribution in [0.3, 0.4) is 0 Å². The predicted octanol–water partition coefficient (Wildman–Crippen LogP) is 4.96. The second-order valence-corrected chi connectivity index (χ2v) is 11.5. The maximum absolute atomic E-state index is 2.61. The van der Waals surface area contributed by atoms with Gasteiger partial charge in [-0.2, -0.15) is 0 Å². The van der Waals surface area contributed by atoms with Crippen molar-refractivity contribution in [3.05, 3.63) is 0 Å². The summed E-state index contributed by atoms with van der Waals surface area (Å²) < 4.78 is 0. The summed E-state index contributed by atoms with van der Waals surface area (Å²) in [5.41, 5.74) is 1.18. The van der Waals surface area contributed by atoms with Gasteiger partial charge in [-0.05, 0) is 73.2 Å². The Bertz CT molecular complexity index is 298. The molecule has 0 aromatic carbocycles. The van der Waals surface area contributed by atoms with Crippen LogP contribution >= 0.6 is 0 Å². The van der Waals surface area contributed by atoms with E-state index in [0.717, 1.165) is 35.5 Å². The van der Waals surface area contributed by atoms with Gasteiger partial charge in [0, 0.05) is 8.80 Å². The van der Waals surface area contributed by atoms with E-state index in [-0.39, 0.29) is 0 Å². The number of hydrogen-bond donors (Lipinski definition) is 0. The molecule has 7 atom stereocenters. The van der Waals surface area contributed by atoms with E-state index in [2.05, 4.69) is 26.9 Å². The predicted molar refractivity (Wildman–Crippen MR) is 82.6 cm³/mol. The SMILES string of the molecule is CC1CCC2C(CCC3C2CC(C)C3[SiH](C)C)C1. The third-order valence-corrected chi connectivity index (χ3v) is 9.53. The first-order valence-electron chi connectivity index (χ1n) is 8.58. The van der Waals surface area contributed by atoms with Crippen LogP contribution < -0.4 is 0 Å². The zero-order chi connectivity index (χ0) is 12.9. The second-order valence-electron chi connectivity index (χ2n) is 8.28. The van der Waals surface area contributed by atoms with Gasteiger partial charge in [0.15, 0.2) is 0 Å². The van der Waals surface area contributed by atoms with Gasteiger partial charge in [-0.3, -0.25) is 0 Å². The molecule has 1 heteroatoms. The van der Waals surface area contributed by atoms with Crippen LogP contribution in [0.5, 0.6) is 0 Å². The molecule has 3 aliphatic carbocycles. The van der Waals surface area contributed by atoms with Crippen LogP contribution in [0.4, 0.5) is 0 Å². The Morgan fingerprint density at radius 3 is 2.22 bits per heavy atom. The van der Waals surface area contributed by atoms with Crippen LogP contribution in [0, 0.1) is 35.5 Å². The minimum absolute atomic E-state index is 0.437. The van der Waals surface area contributed by atoms with E-state index in [0.29, 0.717) is 0 Å². The molecular weight excluding hydrogens is 232 g/mol. The minimum Gasteiger partial charge on any atom is -0.0720 e. The Morgan fingerprint density at radius 2 is 1.50 bits per heavy atom. The Labute approximate surface area is 116 Å². The fraction of sp³-hybridized carbons (Fsp3) is 1.00. The average molecular weight is 265 g/mol. The Morgan fingerprint density at radius 1 is 0.778 bits per heavy atom. The van der Waals surface area contributed by atoms with Crippen molar-refractivity contribution in [3.63, 3.8) is 0 Å². The third-order valence-electron chi connectivity index (χ3n) is 6.84. The summed E-state index contributed by atoms with van der Waals surface area (Å²) in [6, 6.07) is 0. The lowest BCUT2D eigenvalue weighted by Crippen LogP contribution is -2.37. The van der Waals surface area contributed by atoms with E-state index in [1.165, 1.54) is 12.0 Å². The van der Waals surface area contributed by atoms with Gasteiger partial charge < -0.3 is 0 Å². The molecule has 0 aromatic rings. The molecular formula is C17H32Si. The Balaban J connectivity index is 1.77. The molecule has 0 spiro atoms. The molecule has 3 saturated carbocycles. The lowest BCUT2D eigenvalue weighted by Gasteiger charge is -2.46. The highest BCUT2D eigenvalue weighted by molar-refractivity contribution is 6.57. The molecule has 0 N–H and O–H groups in total. The maximum atomic E-state index is 2.61. The standard InChI is InChI=1S/C17H32Si/c1-11-5-7-14-13(9-11)6-8-15-16(14)10-12(2)17(15)18(3)4/h11-18H,5-10H2,1-4H3. The van der Waals surface area contributed by atoms with Gasteiger partial charge in [0.05, 0.1) is 0 Å². The largest absolute Gasteiger partial charge is 0.0720 e. The monoisotopic (exact) mass is 264 g/mol. The van der Waals surface area contributed by atoms with E-state index in [1.54, 1.807) is 32.1 Å². The second kappa shape index (κ2) is 4.96. The Hall–Kier alpha value is 0.217. The molecule has 0 nitrogen and oxygen atoms in total. The summed E-state index contributed by atoms with van der Waals surface area (Å²) in [6.07, 6.45) is 9.44. The van der Waals surface area contributed by atoms with Gasteiger partial charge in [0.25, 0.3) is 0 Å². The van der Waals surface area contributed by atoms with Crippen molar-refractivity contribution in [1.82, 2.24) is 0 Å². The lowest BCUT2D eigenvalue weighted by molar-refractivity contribution is 0.0534. The number of fused-ring (bicyclic) bond motifs is 3. The molecule has 0 aromatic heterocycles. The van der Waals surface area contributed by atoms with E-state index in [1.807, 2.05) is 0 Å². The zero-order valence-corrected chi connectivity index (χ0v) is 14.0. The summed E-state index contributed by atoms with van der Waals surface area (Å²) in [7, 11) is -0.437. The highest BCUT2D eigenvalue weighted by Gasteiger charge is 2.50. The van der Waals surface area contributed by atoms with Crippen molar-refractivity contribution >= 4 is 8.80 Å².